The lowest BCUT2D eigenvalue weighted by Crippen LogP contribution is -2.54. The summed E-state index contributed by atoms with van der Waals surface area (Å²) in [4.78, 5) is 94.4. The third-order valence-electron chi connectivity index (χ3n) is 8.00. The summed E-state index contributed by atoms with van der Waals surface area (Å²) in [5.41, 5.74) is 6.70. The lowest BCUT2D eigenvalue weighted by atomic mass is 10.1. The van der Waals surface area contributed by atoms with Gasteiger partial charge in [0.1, 0.15) is 23.1 Å². The number of hydrogen-bond acceptors (Lipinski definition) is 11. The van der Waals surface area contributed by atoms with Gasteiger partial charge in [-0.15, -0.1) is 11.8 Å². The Balaban J connectivity index is -0.00000163. The first-order valence-corrected chi connectivity index (χ1v) is 23.4. The van der Waals surface area contributed by atoms with Gasteiger partial charge in [-0.05, 0) is 45.6 Å². The second-order valence-electron chi connectivity index (χ2n) is 14.4. The van der Waals surface area contributed by atoms with E-state index >= 15 is 0 Å². The molecule has 2 aromatic rings. The van der Waals surface area contributed by atoms with Crippen LogP contribution < -0.4 is 37.6 Å². The van der Waals surface area contributed by atoms with Crippen molar-refractivity contribution in [1.29, 1.82) is 0 Å². The highest BCUT2D eigenvalue weighted by Crippen LogP contribution is 2.19. The van der Waals surface area contributed by atoms with E-state index < -0.39 is 71.7 Å². The molecule has 1 aromatic heterocycles. The molecule has 18 nitrogen and oxygen atoms in total. The number of carbonyl (C=O) groups is 7. The Bertz CT molecular complexity index is 1540. The summed E-state index contributed by atoms with van der Waals surface area (Å²) < 4.78 is 4.72. The standard InChI is InChI=1S/C30H44N6O8S.C4H6N2.C4H11NO.C3H8.2C2H6/c1-2-3-5-13-24(37)36-22-19-45-23(30(43)44)12-8-9-14-31-25(38)16-32-26(39)17-33-28(41)21(15-20-10-6-4-7-11-20)35-27(40)18-34-29(22)42;1-4-2-5-3-6-4;1-4(2,5)6-3;1-3-2;2*1-2/h4,6-7,10-11,21-23H,2-3,5,8-9,12-19H2,1H3,(H,31,38)(H,32,39)(H,33,41)(H,34,42)(H,35,40)(H,36,37)(H,43,44);2-3H,1H3,(H,5,6);5H2,1-3H3;3H2,1-2H3;2*1-2H3. The topological polar surface area (TPSA) is 276 Å². The van der Waals surface area contributed by atoms with Crippen LogP contribution in [-0.4, -0.2) is 119 Å². The monoisotopic (exact) mass is 924 g/mol. The number of nitrogens with two attached hydrogens (primary N) is 1. The summed E-state index contributed by atoms with van der Waals surface area (Å²) in [6.45, 7) is 18.8. The minimum absolute atomic E-state index is 0.0423. The summed E-state index contributed by atoms with van der Waals surface area (Å²) in [5.74, 6) is -4.53. The number of carboxylic acid groups (broad SMARTS) is 1. The molecule has 0 radical (unpaired) electrons. The zero-order valence-electron chi connectivity index (χ0n) is 40.3. The summed E-state index contributed by atoms with van der Waals surface area (Å²) >= 11 is 1.01. The quantitative estimate of drug-likeness (QED) is 0.127. The molecule has 10 N–H and O–H groups in total. The number of hydrogen-bond donors (Lipinski definition) is 9. The molecule has 0 bridgehead atoms. The van der Waals surface area contributed by atoms with Gasteiger partial charge in [0.2, 0.25) is 35.4 Å². The third kappa shape index (κ3) is 36.5. The van der Waals surface area contributed by atoms with E-state index in [1.165, 1.54) is 6.42 Å². The van der Waals surface area contributed by atoms with Crippen LogP contribution in [0.15, 0.2) is 42.9 Å². The first-order chi connectivity index (χ1) is 30.5. The van der Waals surface area contributed by atoms with Crippen molar-refractivity contribution in [3.8, 4) is 0 Å². The van der Waals surface area contributed by atoms with E-state index in [1.807, 2.05) is 41.5 Å². The van der Waals surface area contributed by atoms with Crippen LogP contribution in [0.3, 0.4) is 0 Å². The molecule has 1 aliphatic rings. The molecule has 6 amide bonds. The first-order valence-electron chi connectivity index (χ1n) is 22.3. The maximum absolute atomic E-state index is 13.1. The van der Waals surface area contributed by atoms with E-state index in [4.69, 9.17) is 10.5 Å². The van der Waals surface area contributed by atoms with E-state index in [1.54, 1.807) is 63.8 Å². The van der Waals surface area contributed by atoms with Gasteiger partial charge in [-0.3, -0.25) is 33.6 Å². The second-order valence-corrected chi connectivity index (χ2v) is 15.6. The number of H-pyrrole nitrogens is 1. The number of carbonyl (C=O) groups excluding carboxylic acids is 6. The number of nitrogens with one attached hydrogen (secondary N) is 7. The number of nitrogens with zero attached hydrogens (tertiary/aromatic N) is 1. The largest absolute Gasteiger partial charge is 0.480 e. The summed E-state index contributed by atoms with van der Waals surface area (Å²) in [6, 6.07) is 6.69. The molecule has 3 rings (SSSR count). The fourth-order valence-electron chi connectivity index (χ4n) is 4.67. The molecule has 3 atom stereocenters. The number of thioether (sulfide) groups is 1. The van der Waals surface area contributed by atoms with Gasteiger partial charge < -0.3 is 52.5 Å². The molecule has 366 valence electrons. The Kier molecular flexibility index (Phi) is 40.3. The van der Waals surface area contributed by atoms with Crippen molar-refractivity contribution in [1.82, 2.24) is 41.9 Å². The summed E-state index contributed by atoms with van der Waals surface area (Å²) in [6.07, 6.45) is 8.57. The number of methoxy groups -OCH3 is 1. The van der Waals surface area contributed by atoms with Crippen LogP contribution in [0.25, 0.3) is 0 Å². The van der Waals surface area contributed by atoms with E-state index in [0.29, 0.717) is 19.3 Å². The zero-order valence-corrected chi connectivity index (χ0v) is 41.1. The maximum atomic E-state index is 13.1. The van der Waals surface area contributed by atoms with Gasteiger partial charge in [-0.1, -0.05) is 104 Å². The number of benzene rings is 1. The van der Waals surface area contributed by atoms with Crippen molar-refractivity contribution in [2.24, 2.45) is 5.73 Å². The average molecular weight is 924 g/mol. The molecular weight excluding hydrogens is 843 g/mol. The number of unbranched alkanes of at least 4 members (excludes halogenated alkanes) is 2. The minimum Gasteiger partial charge on any atom is -0.480 e. The predicted octanol–water partition coefficient (Wildman–Crippen LogP) is 4.13. The Labute approximate surface area is 386 Å². The number of amides is 6. The molecule has 3 unspecified atom stereocenters. The van der Waals surface area contributed by atoms with Gasteiger partial charge in [0.15, 0.2) is 0 Å². The van der Waals surface area contributed by atoms with Crippen molar-refractivity contribution >= 4 is 53.2 Å². The number of aliphatic carboxylic acids is 1. The molecule has 1 aromatic carbocycles. The van der Waals surface area contributed by atoms with E-state index in [0.717, 1.165) is 35.9 Å². The molecule has 19 heteroatoms. The number of imidazole rings is 1. The number of rotatable bonds is 9. The van der Waals surface area contributed by atoms with Crippen molar-refractivity contribution in [2.45, 2.75) is 150 Å². The lowest BCUT2D eigenvalue weighted by Gasteiger charge is -2.21. The smallest absolute Gasteiger partial charge is 0.316 e. The first kappa shape index (κ1) is 63.3. The highest BCUT2D eigenvalue weighted by molar-refractivity contribution is 8.00. The summed E-state index contributed by atoms with van der Waals surface area (Å²) in [7, 11) is 1.58. The Morgan fingerprint density at radius 1 is 0.875 bits per heavy atom. The molecule has 2 heterocycles. The van der Waals surface area contributed by atoms with Gasteiger partial charge in [0.05, 0.1) is 26.0 Å². The van der Waals surface area contributed by atoms with Gasteiger partial charge >= 0.3 is 5.97 Å². The van der Waals surface area contributed by atoms with Gasteiger partial charge in [-0.2, -0.15) is 0 Å². The predicted molar refractivity (Wildman–Crippen MR) is 255 cm³/mol. The van der Waals surface area contributed by atoms with E-state index in [9.17, 15) is 38.7 Å². The molecule has 1 fully saturated rings. The van der Waals surface area contributed by atoms with E-state index in [2.05, 4.69) is 55.7 Å². The van der Waals surface area contributed by atoms with Crippen molar-refractivity contribution < 1.29 is 43.4 Å². The average Bonchev–Trinajstić information content (AvgIpc) is 3.76. The van der Waals surface area contributed by atoms with Crippen molar-refractivity contribution in [3.63, 3.8) is 0 Å². The van der Waals surface area contributed by atoms with Crippen LogP contribution in [0.2, 0.25) is 0 Å². The van der Waals surface area contributed by atoms with Gasteiger partial charge in [0.25, 0.3) is 0 Å². The molecule has 0 spiro atoms. The highest BCUT2D eigenvalue weighted by Gasteiger charge is 2.27. The van der Waals surface area contributed by atoms with Crippen molar-refractivity contribution in [2.75, 3.05) is 39.0 Å². The second kappa shape index (κ2) is 40.7. The molecule has 64 heavy (non-hydrogen) atoms. The van der Waals surface area contributed by atoms with Gasteiger partial charge in [0, 0.05) is 44.1 Å². The molecule has 1 aliphatic heterocycles. The maximum Gasteiger partial charge on any atom is 0.316 e. The van der Waals surface area contributed by atoms with Gasteiger partial charge in [-0.25, -0.2) is 4.98 Å². The normalized spacial score (nSPS) is 17.8. The number of ether oxygens (including phenoxy) is 1. The van der Waals surface area contributed by atoms with Crippen LogP contribution in [0, 0.1) is 6.92 Å². The number of aryl methyl sites for hydroxylation is 1. The van der Waals surface area contributed by atoms with Crippen LogP contribution in [0.1, 0.15) is 125 Å². The zero-order chi connectivity index (χ0) is 49.3. The Morgan fingerprint density at radius 2 is 1.44 bits per heavy atom. The number of aromatic amines is 1. The Hall–Kier alpha value is -5.01. The Morgan fingerprint density at radius 3 is 1.95 bits per heavy atom. The van der Waals surface area contributed by atoms with Crippen LogP contribution in [0.4, 0.5) is 0 Å². The van der Waals surface area contributed by atoms with Crippen LogP contribution in [0.5, 0.6) is 0 Å². The minimum atomic E-state index is -1.10. The highest BCUT2D eigenvalue weighted by atomic mass is 32.2. The fraction of sp³-hybridized carbons (Fsp3) is 0.644. The van der Waals surface area contributed by atoms with Crippen molar-refractivity contribution in [3.05, 3.63) is 54.1 Å². The summed E-state index contributed by atoms with van der Waals surface area (Å²) in [5, 5.41) is 24.1. The molecular formula is C45H81N9O9S. The SMILES string of the molecule is CC.CC.CCC.CCCCCC(=O)NC1CSC(C(=O)O)CCCCNC(=O)CNC(=O)CNC(=O)C(Cc2ccccc2)NC(=O)CNC1=O.COC(C)(C)N.Cc1cnc[nH]1. The molecule has 1 saturated heterocycles. The van der Waals surface area contributed by atoms with Crippen LogP contribution >= 0.6 is 11.8 Å². The van der Waals surface area contributed by atoms with E-state index in [-0.39, 0.29) is 44.0 Å². The fourth-order valence-corrected chi connectivity index (χ4v) is 5.81. The number of aromatic nitrogens is 2. The molecule has 0 saturated carbocycles. The molecule has 0 aliphatic carbocycles. The number of carboxylic acids is 1. The lowest BCUT2D eigenvalue weighted by molar-refractivity contribution is -0.136. The third-order valence-corrected chi connectivity index (χ3v) is 9.37. The van der Waals surface area contributed by atoms with Crippen LogP contribution in [-0.2, 0) is 44.7 Å².